The highest BCUT2D eigenvalue weighted by Crippen LogP contribution is 2.33. The molecule has 2 aliphatic rings. The van der Waals surface area contributed by atoms with E-state index >= 15 is 0 Å². The van der Waals surface area contributed by atoms with Gasteiger partial charge in [-0.3, -0.25) is 0 Å². The van der Waals surface area contributed by atoms with Gasteiger partial charge in [-0.2, -0.15) is 0 Å². The minimum absolute atomic E-state index is 0.0336. The standard InChI is InChI=1S/C15H21N3O2S2/c1-2-9-18-14(12-8-10-22(19,20)11-12)16-17-15(18)21-13-6-4-3-5-7-13/h2,4,6,12-13H,1,3,5,7-11H2/t12-,13+/m0/s1. The molecule has 5 nitrogen and oxygen atoms in total. The maximum Gasteiger partial charge on any atom is 0.192 e. The Morgan fingerprint density at radius 3 is 2.91 bits per heavy atom. The summed E-state index contributed by atoms with van der Waals surface area (Å²) in [5.74, 6) is 1.21. The molecule has 1 aliphatic carbocycles. The van der Waals surface area contributed by atoms with Crippen molar-refractivity contribution in [2.24, 2.45) is 0 Å². The molecule has 0 amide bonds. The SMILES string of the molecule is C=CCn1c(S[C@@H]2C=CCCC2)nnc1[C@H]1CCS(=O)(=O)C1. The summed E-state index contributed by atoms with van der Waals surface area (Å²) in [5.41, 5.74) is 0. The molecule has 1 aromatic heterocycles. The number of nitrogens with zero attached hydrogens (tertiary/aromatic N) is 3. The molecule has 0 saturated carbocycles. The Hall–Kier alpha value is -1.08. The fraction of sp³-hybridized carbons (Fsp3) is 0.600. The Labute approximate surface area is 135 Å². The van der Waals surface area contributed by atoms with E-state index < -0.39 is 9.84 Å². The first kappa shape index (κ1) is 15.8. The molecule has 2 atom stereocenters. The van der Waals surface area contributed by atoms with Gasteiger partial charge in [0.05, 0.1) is 11.5 Å². The van der Waals surface area contributed by atoms with E-state index in [1.807, 2.05) is 10.6 Å². The number of sulfone groups is 1. The summed E-state index contributed by atoms with van der Waals surface area (Å²) in [7, 11) is -2.92. The van der Waals surface area contributed by atoms with Crippen LogP contribution in [-0.2, 0) is 16.4 Å². The van der Waals surface area contributed by atoms with Crippen LogP contribution in [-0.4, -0.2) is 39.9 Å². The number of hydrogen-bond acceptors (Lipinski definition) is 5. The third-order valence-corrected chi connectivity index (χ3v) is 7.10. The van der Waals surface area contributed by atoms with Gasteiger partial charge < -0.3 is 4.57 Å². The van der Waals surface area contributed by atoms with Crippen LogP contribution in [0.25, 0.3) is 0 Å². The molecule has 7 heteroatoms. The maximum absolute atomic E-state index is 11.7. The largest absolute Gasteiger partial charge is 0.302 e. The predicted molar refractivity (Wildman–Crippen MR) is 88.9 cm³/mol. The fourth-order valence-electron chi connectivity index (χ4n) is 3.00. The van der Waals surface area contributed by atoms with Crippen molar-refractivity contribution in [3.05, 3.63) is 30.6 Å². The molecule has 1 aromatic rings. The topological polar surface area (TPSA) is 64.8 Å². The Bertz CT molecular complexity index is 679. The van der Waals surface area contributed by atoms with E-state index in [1.54, 1.807) is 11.8 Å². The molecular formula is C15H21N3O2S2. The zero-order chi connectivity index (χ0) is 15.6. The number of allylic oxidation sites excluding steroid dienone is 2. The molecule has 0 aromatic carbocycles. The molecule has 0 N–H and O–H groups in total. The average molecular weight is 339 g/mol. The van der Waals surface area contributed by atoms with Crippen LogP contribution in [0.4, 0.5) is 0 Å². The molecule has 0 spiro atoms. The van der Waals surface area contributed by atoms with Crippen LogP contribution in [0.5, 0.6) is 0 Å². The number of hydrogen-bond donors (Lipinski definition) is 0. The summed E-state index contributed by atoms with van der Waals surface area (Å²) in [6, 6.07) is 0. The molecule has 3 rings (SSSR count). The van der Waals surface area contributed by atoms with E-state index in [-0.39, 0.29) is 17.4 Å². The van der Waals surface area contributed by atoms with Crippen LogP contribution in [0.1, 0.15) is 37.4 Å². The smallest absolute Gasteiger partial charge is 0.192 e. The first-order valence-electron chi connectivity index (χ1n) is 7.67. The van der Waals surface area contributed by atoms with Crippen LogP contribution in [0.15, 0.2) is 30.0 Å². The van der Waals surface area contributed by atoms with E-state index in [1.165, 1.54) is 6.42 Å². The minimum Gasteiger partial charge on any atom is -0.302 e. The third-order valence-electron chi connectivity index (χ3n) is 4.12. The highest BCUT2D eigenvalue weighted by atomic mass is 32.2. The summed E-state index contributed by atoms with van der Waals surface area (Å²) in [4.78, 5) is 0. The molecule has 0 unspecified atom stereocenters. The van der Waals surface area contributed by atoms with Gasteiger partial charge in [0.15, 0.2) is 15.0 Å². The van der Waals surface area contributed by atoms with E-state index in [4.69, 9.17) is 0 Å². The molecular weight excluding hydrogens is 318 g/mol. The lowest BCUT2D eigenvalue weighted by Crippen LogP contribution is -2.12. The lowest BCUT2D eigenvalue weighted by Gasteiger charge is -2.16. The summed E-state index contributed by atoms with van der Waals surface area (Å²) >= 11 is 1.72. The second-order valence-corrected chi connectivity index (χ2v) is 9.29. The second-order valence-electron chi connectivity index (χ2n) is 5.86. The van der Waals surface area contributed by atoms with Crippen molar-refractivity contribution >= 4 is 21.6 Å². The first-order chi connectivity index (χ1) is 10.6. The van der Waals surface area contributed by atoms with Gasteiger partial charge in [0.25, 0.3) is 0 Å². The van der Waals surface area contributed by atoms with Crippen LogP contribution in [0.2, 0.25) is 0 Å². The lowest BCUT2D eigenvalue weighted by atomic mass is 10.1. The Morgan fingerprint density at radius 2 is 2.27 bits per heavy atom. The van der Waals surface area contributed by atoms with Gasteiger partial charge in [0.2, 0.25) is 0 Å². The third kappa shape index (κ3) is 3.46. The van der Waals surface area contributed by atoms with E-state index in [2.05, 4.69) is 28.9 Å². The highest BCUT2D eigenvalue weighted by molar-refractivity contribution is 7.99. The van der Waals surface area contributed by atoms with E-state index in [0.29, 0.717) is 18.2 Å². The first-order valence-corrected chi connectivity index (χ1v) is 10.4. The predicted octanol–water partition coefficient (Wildman–Crippen LogP) is 2.57. The van der Waals surface area contributed by atoms with Gasteiger partial charge in [-0.25, -0.2) is 8.42 Å². The zero-order valence-electron chi connectivity index (χ0n) is 12.5. The normalized spacial score (nSPS) is 27.1. The molecule has 120 valence electrons. The van der Waals surface area contributed by atoms with Crippen molar-refractivity contribution in [2.75, 3.05) is 11.5 Å². The molecule has 0 radical (unpaired) electrons. The highest BCUT2D eigenvalue weighted by Gasteiger charge is 2.33. The fourth-order valence-corrected chi connectivity index (χ4v) is 5.87. The summed E-state index contributed by atoms with van der Waals surface area (Å²) in [6.45, 7) is 4.42. The van der Waals surface area contributed by atoms with Crippen molar-refractivity contribution in [2.45, 2.75) is 48.6 Å². The Morgan fingerprint density at radius 1 is 1.41 bits per heavy atom. The van der Waals surface area contributed by atoms with Crippen molar-refractivity contribution in [3.8, 4) is 0 Å². The van der Waals surface area contributed by atoms with Crippen molar-refractivity contribution in [1.29, 1.82) is 0 Å². The summed E-state index contributed by atoms with van der Waals surface area (Å²) in [5, 5.41) is 9.93. The summed E-state index contributed by atoms with van der Waals surface area (Å²) in [6.07, 6.45) is 10.4. The number of thioether (sulfide) groups is 1. The van der Waals surface area contributed by atoms with Crippen molar-refractivity contribution in [3.63, 3.8) is 0 Å². The van der Waals surface area contributed by atoms with E-state index in [0.717, 1.165) is 23.8 Å². The van der Waals surface area contributed by atoms with Gasteiger partial charge in [-0.1, -0.05) is 30.0 Å². The van der Waals surface area contributed by atoms with Gasteiger partial charge >= 0.3 is 0 Å². The molecule has 0 bridgehead atoms. The molecule has 22 heavy (non-hydrogen) atoms. The van der Waals surface area contributed by atoms with Crippen LogP contribution in [0.3, 0.4) is 0 Å². The van der Waals surface area contributed by atoms with Crippen LogP contribution < -0.4 is 0 Å². The molecule has 1 saturated heterocycles. The average Bonchev–Trinajstić information content (AvgIpc) is 3.04. The van der Waals surface area contributed by atoms with Crippen molar-refractivity contribution < 1.29 is 8.42 Å². The number of rotatable bonds is 5. The Balaban J connectivity index is 1.83. The van der Waals surface area contributed by atoms with Crippen molar-refractivity contribution in [1.82, 2.24) is 14.8 Å². The van der Waals surface area contributed by atoms with Gasteiger partial charge in [0, 0.05) is 17.7 Å². The van der Waals surface area contributed by atoms with Gasteiger partial charge in [-0.15, -0.1) is 16.8 Å². The molecule has 1 aliphatic heterocycles. The monoisotopic (exact) mass is 339 g/mol. The zero-order valence-corrected chi connectivity index (χ0v) is 14.2. The lowest BCUT2D eigenvalue weighted by molar-refractivity contribution is 0.597. The molecule has 2 heterocycles. The minimum atomic E-state index is -2.92. The summed E-state index contributed by atoms with van der Waals surface area (Å²) < 4.78 is 25.5. The molecule has 1 fully saturated rings. The second kappa shape index (κ2) is 6.58. The van der Waals surface area contributed by atoms with Gasteiger partial charge in [-0.05, 0) is 25.7 Å². The number of aromatic nitrogens is 3. The van der Waals surface area contributed by atoms with E-state index in [9.17, 15) is 8.42 Å². The van der Waals surface area contributed by atoms with Crippen LogP contribution in [0, 0.1) is 0 Å². The quantitative estimate of drug-likeness (QED) is 0.772. The van der Waals surface area contributed by atoms with Crippen LogP contribution >= 0.6 is 11.8 Å². The Kier molecular flexibility index (Phi) is 4.73. The van der Waals surface area contributed by atoms with Gasteiger partial charge in [0.1, 0.15) is 5.82 Å². The maximum atomic E-state index is 11.7.